The molecule has 0 heterocycles. The van der Waals surface area contributed by atoms with Crippen LogP contribution in [0.1, 0.15) is 5.56 Å². The minimum atomic E-state index is -1.10. The lowest BCUT2D eigenvalue weighted by Gasteiger charge is -2.09. The van der Waals surface area contributed by atoms with Crippen LogP contribution in [0.25, 0.3) is 0 Å². The molecule has 2 aromatic carbocycles. The van der Waals surface area contributed by atoms with E-state index in [-0.39, 0.29) is 5.69 Å². The highest BCUT2D eigenvalue weighted by Gasteiger charge is 2.10. The summed E-state index contributed by atoms with van der Waals surface area (Å²) in [6.45, 7) is 0.404. The van der Waals surface area contributed by atoms with Crippen LogP contribution in [0.3, 0.4) is 0 Å². The van der Waals surface area contributed by atoms with Crippen molar-refractivity contribution in [2.45, 2.75) is 6.54 Å². The molecule has 0 radical (unpaired) electrons. The van der Waals surface area contributed by atoms with Gasteiger partial charge in [0.2, 0.25) is 0 Å². The molecule has 0 aromatic heterocycles. The second-order valence-corrected chi connectivity index (χ2v) is 4.08. The van der Waals surface area contributed by atoms with Crippen LogP contribution in [0.2, 0.25) is 0 Å². The van der Waals surface area contributed by atoms with Crippen molar-refractivity contribution >= 4 is 17.4 Å². The van der Waals surface area contributed by atoms with Gasteiger partial charge in [-0.3, -0.25) is 0 Å². The first-order chi connectivity index (χ1) is 9.60. The van der Waals surface area contributed by atoms with E-state index in [0.29, 0.717) is 12.2 Å². The van der Waals surface area contributed by atoms with E-state index in [1.54, 1.807) is 24.3 Å². The van der Waals surface area contributed by atoms with E-state index in [0.717, 1.165) is 11.6 Å². The molecule has 2 aromatic rings. The zero-order chi connectivity index (χ0) is 14.5. The molecule has 0 aliphatic carbocycles. The molecule has 0 aliphatic rings. The molecule has 0 spiro atoms. The average Bonchev–Trinajstić information content (AvgIpc) is 2.45. The van der Waals surface area contributed by atoms with Gasteiger partial charge in [0.1, 0.15) is 0 Å². The zero-order valence-electron chi connectivity index (χ0n) is 10.5. The maximum Gasteiger partial charge on any atom is 0.323 e. The summed E-state index contributed by atoms with van der Waals surface area (Å²) in [6.07, 6.45) is 0. The molecule has 0 aliphatic heterocycles. The summed E-state index contributed by atoms with van der Waals surface area (Å²) >= 11 is 0. The van der Waals surface area contributed by atoms with Gasteiger partial charge < -0.3 is 16.4 Å². The second-order valence-electron chi connectivity index (χ2n) is 4.08. The van der Waals surface area contributed by atoms with Gasteiger partial charge in [-0.15, -0.1) is 0 Å². The molecule has 0 bridgehead atoms. The Hall–Kier alpha value is -2.47. The molecule has 0 atom stereocenters. The highest BCUT2D eigenvalue weighted by atomic mass is 19.2. The molecule has 2 amide bonds. The van der Waals surface area contributed by atoms with Crippen LogP contribution in [0.5, 0.6) is 0 Å². The first-order valence-electron chi connectivity index (χ1n) is 5.91. The van der Waals surface area contributed by atoms with Gasteiger partial charge in [0.25, 0.3) is 0 Å². The Morgan fingerprint density at radius 1 is 1.05 bits per heavy atom. The van der Waals surface area contributed by atoms with Gasteiger partial charge >= 0.3 is 6.03 Å². The van der Waals surface area contributed by atoms with Crippen LogP contribution in [0.4, 0.5) is 25.0 Å². The molecule has 4 nitrogen and oxygen atoms in total. The second kappa shape index (κ2) is 6.12. The van der Waals surface area contributed by atoms with Gasteiger partial charge in [-0.2, -0.15) is 0 Å². The predicted octanol–water partition coefficient (Wildman–Crippen LogP) is 3.07. The summed E-state index contributed by atoms with van der Waals surface area (Å²) in [6, 6.07) is 9.77. The van der Waals surface area contributed by atoms with Crippen molar-refractivity contribution < 1.29 is 13.6 Å². The monoisotopic (exact) mass is 277 g/mol. The Bertz CT molecular complexity index is 614. The van der Waals surface area contributed by atoms with Gasteiger partial charge in [-0.25, -0.2) is 13.6 Å². The van der Waals surface area contributed by atoms with Crippen LogP contribution in [-0.2, 0) is 6.54 Å². The third-order valence-corrected chi connectivity index (χ3v) is 2.65. The van der Waals surface area contributed by atoms with Gasteiger partial charge in [0, 0.05) is 12.2 Å². The Kier molecular flexibility index (Phi) is 4.27. The number of hydrogen-bond acceptors (Lipinski definition) is 2. The molecule has 0 fully saturated rings. The van der Waals surface area contributed by atoms with Crippen molar-refractivity contribution in [3.63, 3.8) is 0 Å². The smallest absolute Gasteiger partial charge is 0.323 e. The molecule has 20 heavy (non-hydrogen) atoms. The van der Waals surface area contributed by atoms with Crippen molar-refractivity contribution in [1.82, 2.24) is 0 Å². The third kappa shape index (κ3) is 3.30. The Morgan fingerprint density at radius 3 is 2.40 bits per heavy atom. The van der Waals surface area contributed by atoms with Crippen LogP contribution >= 0.6 is 0 Å². The maximum absolute atomic E-state index is 13.4. The fourth-order valence-corrected chi connectivity index (χ4v) is 1.61. The maximum atomic E-state index is 13.4. The quantitative estimate of drug-likeness (QED) is 0.807. The van der Waals surface area contributed by atoms with E-state index < -0.39 is 17.7 Å². The third-order valence-electron chi connectivity index (χ3n) is 2.65. The molecular formula is C14H13F2N3O. The summed E-state index contributed by atoms with van der Waals surface area (Å²) in [5.74, 6) is -2.11. The number of urea groups is 1. The number of carbonyl (C=O) groups is 1. The average molecular weight is 277 g/mol. The zero-order valence-corrected chi connectivity index (χ0v) is 10.5. The van der Waals surface area contributed by atoms with E-state index >= 15 is 0 Å². The lowest BCUT2D eigenvalue weighted by Crippen LogP contribution is -2.20. The molecule has 6 heteroatoms. The number of halogens is 2. The molecule has 2 rings (SSSR count). The van der Waals surface area contributed by atoms with Gasteiger partial charge in [0.05, 0.1) is 5.69 Å². The predicted molar refractivity (Wildman–Crippen MR) is 73.3 cm³/mol. The normalized spacial score (nSPS) is 10.2. The first kappa shape index (κ1) is 14.0. The summed E-state index contributed by atoms with van der Waals surface area (Å²) in [5, 5.41) is 4.75. The Labute approximate surface area is 114 Å². The lowest BCUT2D eigenvalue weighted by molar-refractivity contribution is 0.262. The fraction of sp³-hybridized carbons (Fsp3) is 0.0714. The van der Waals surface area contributed by atoms with Crippen LogP contribution in [-0.4, -0.2) is 6.03 Å². The molecule has 0 saturated carbocycles. The fourth-order valence-electron chi connectivity index (χ4n) is 1.61. The number of nitrogens with one attached hydrogen (secondary N) is 2. The largest absolute Gasteiger partial charge is 0.326 e. The van der Waals surface area contributed by atoms with Gasteiger partial charge in [-0.05, 0) is 29.8 Å². The van der Waals surface area contributed by atoms with Crippen LogP contribution in [0, 0.1) is 11.6 Å². The van der Waals surface area contributed by atoms with Crippen molar-refractivity contribution in [1.29, 1.82) is 0 Å². The number of carbonyl (C=O) groups excluding carboxylic acids is 1. The van der Waals surface area contributed by atoms with E-state index in [2.05, 4.69) is 10.6 Å². The standard InChI is InChI=1S/C14H13F2N3O/c15-11-2-1-3-12(13(11)16)19-14(20)18-10-6-4-9(8-17)5-7-10/h1-7H,8,17H2,(H2,18,19,20). The summed E-state index contributed by atoms with van der Waals surface area (Å²) in [4.78, 5) is 11.7. The van der Waals surface area contributed by atoms with E-state index in [4.69, 9.17) is 5.73 Å². The topological polar surface area (TPSA) is 67.1 Å². The highest BCUT2D eigenvalue weighted by Crippen LogP contribution is 2.17. The Balaban J connectivity index is 2.03. The van der Waals surface area contributed by atoms with Crippen molar-refractivity contribution in [2.75, 3.05) is 10.6 Å². The van der Waals surface area contributed by atoms with E-state index in [1.165, 1.54) is 12.1 Å². The molecule has 104 valence electrons. The molecule has 4 N–H and O–H groups in total. The summed E-state index contributed by atoms with van der Waals surface area (Å²) in [7, 11) is 0. The lowest BCUT2D eigenvalue weighted by atomic mass is 10.2. The molecule has 0 saturated heterocycles. The van der Waals surface area contributed by atoms with Crippen LogP contribution in [0.15, 0.2) is 42.5 Å². The van der Waals surface area contributed by atoms with Crippen molar-refractivity contribution in [3.8, 4) is 0 Å². The highest BCUT2D eigenvalue weighted by molar-refractivity contribution is 5.99. The van der Waals surface area contributed by atoms with E-state index in [1.807, 2.05) is 0 Å². The minimum Gasteiger partial charge on any atom is -0.326 e. The van der Waals surface area contributed by atoms with Gasteiger partial charge in [-0.1, -0.05) is 18.2 Å². The SMILES string of the molecule is NCc1ccc(NC(=O)Nc2cccc(F)c2F)cc1. The number of amides is 2. The molecular weight excluding hydrogens is 264 g/mol. The van der Waals surface area contributed by atoms with Crippen LogP contribution < -0.4 is 16.4 Å². The Morgan fingerprint density at radius 2 is 1.75 bits per heavy atom. The summed E-state index contributed by atoms with van der Waals surface area (Å²) < 4.78 is 26.3. The summed E-state index contributed by atoms with van der Waals surface area (Å²) in [5.41, 5.74) is 6.68. The van der Waals surface area contributed by atoms with Gasteiger partial charge in [0.15, 0.2) is 11.6 Å². The number of hydrogen-bond donors (Lipinski definition) is 3. The first-order valence-corrected chi connectivity index (χ1v) is 5.91. The number of anilines is 2. The number of benzene rings is 2. The number of rotatable bonds is 3. The van der Waals surface area contributed by atoms with Crippen molar-refractivity contribution in [2.24, 2.45) is 5.73 Å². The number of nitrogens with two attached hydrogens (primary N) is 1. The minimum absolute atomic E-state index is 0.221. The van der Waals surface area contributed by atoms with Crippen molar-refractivity contribution in [3.05, 3.63) is 59.7 Å². The van der Waals surface area contributed by atoms with E-state index in [9.17, 15) is 13.6 Å². The molecule has 0 unspecified atom stereocenters.